The molecule has 2 aliphatic rings. The normalized spacial score (nSPS) is 24.5. The minimum Gasteiger partial charge on any atom is -0.368 e. The molecular weight excluding hydrogens is 302 g/mol. The van der Waals surface area contributed by atoms with Crippen LogP contribution in [0.5, 0.6) is 0 Å². The van der Waals surface area contributed by atoms with E-state index in [-0.39, 0.29) is 18.4 Å². The van der Waals surface area contributed by atoms with Crippen LogP contribution in [0.1, 0.15) is 43.7 Å². The second-order valence-electron chi connectivity index (χ2n) is 6.94. The highest BCUT2D eigenvalue weighted by Gasteiger charge is 2.33. The van der Waals surface area contributed by atoms with Crippen molar-refractivity contribution in [2.45, 2.75) is 57.7 Å². The van der Waals surface area contributed by atoms with E-state index in [0.29, 0.717) is 19.0 Å². The maximum atomic E-state index is 12.8. The van der Waals surface area contributed by atoms with E-state index < -0.39 is 6.04 Å². The molecule has 0 unspecified atom stereocenters. The van der Waals surface area contributed by atoms with Crippen molar-refractivity contribution in [1.29, 1.82) is 0 Å². The molecule has 2 heterocycles. The van der Waals surface area contributed by atoms with Gasteiger partial charge in [-0.1, -0.05) is 31.2 Å². The summed E-state index contributed by atoms with van der Waals surface area (Å²) in [5, 5.41) is 0. The first-order valence-corrected chi connectivity index (χ1v) is 8.99. The average molecular weight is 329 g/mol. The van der Waals surface area contributed by atoms with Gasteiger partial charge in [0, 0.05) is 19.1 Å². The fourth-order valence-corrected chi connectivity index (χ4v) is 4.04. The van der Waals surface area contributed by atoms with Gasteiger partial charge in [-0.3, -0.25) is 14.5 Å². The lowest BCUT2D eigenvalue weighted by Gasteiger charge is -2.39. The van der Waals surface area contributed by atoms with Gasteiger partial charge in [-0.15, -0.1) is 0 Å². The number of likely N-dealkylation sites (tertiary alicyclic amines) is 1. The third kappa shape index (κ3) is 3.46. The molecule has 3 rings (SSSR count). The number of fused-ring (bicyclic) bond motifs is 1. The second kappa shape index (κ2) is 7.34. The minimum atomic E-state index is -0.395. The molecule has 0 spiro atoms. The topological polar surface area (TPSA) is 66.6 Å². The largest absolute Gasteiger partial charge is 0.368 e. The number of hydrogen-bond donors (Lipinski definition) is 1. The molecule has 2 aliphatic heterocycles. The fourth-order valence-electron chi connectivity index (χ4n) is 4.04. The zero-order chi connectivity index (χ0) is 17.1. The predicted octanol–water partition coefficient (Wildman–Crippen LogP) is 1.69. The van der Waals surface area contributed by atoms with Gasteiger partial charge in [0.25, 0.3) is 0 Å². The summed E-state index contributed by atoms with van der Waals surface area (Å²) in [6, 6.07) is 8.05. The van der Waals surface area contributed by atoms with Crippen molar-refractivity contribution < 1.29 is 9.59 Å². The Morgan fingerprint density at radius 1 is 1.21 bits per heavy atom. The Morgan fingerprint density at radius 2 is 1.96 bits per heavy atom. The second-order valence-corrected chi connectivity index (χ2v) is 6.94. The first-order valence-electron chi connectivity index (χ1n) is 8.99. The van der Waals surface area contributed by atoms with Crippen molar-refractivity contribution in [3.8, 4) is 0 Å². The molecule has 5 heteroatoms. The standard InChI is InChI=1S/C19H27N3O2/c1-2-16-9-5-6-10-22(16)18(23)13-21-12-15-8-4-3-7-14(15)11-17(21)19(20)24/h3-4,7-8,16-17H,2,5-6,9-13H2,1H3,(H2,20,24)/t16-,17+/m1/s1. The number of carbonyl (C=O) groups excluding carboxylic acids is 2. The maximum absolute atomic E-state index is 12.8. The number of primary amides is 1. The number of amides is 2. The van der Waals surface area contributed by atoms with E-state index in [1.54, 1.807) is 0 Å². The molecule has 2 N–H and O–H groups in total. The van der Waals surface area contributed by atoms with Gasteiger partial charge in [0.05, 0.1) is 12.6 Å². The highest BCUT2D eigenvalue weighted by atomic mass is 16.2. The van der Waals surface area contributed by atoms with Gasteiger partial charge in [0.2, 0.25) is 11.8 Å². The van der Waals surface area contributed by atoms with Crippen LogP contribution in [0.2, 0.25) is 0 Å². The number of rotatable bonds is 4. The van der Waals surface area contributed by atoms with Crippen LogP contribution in [0.4, 0.5) is 0 Å². The van der Waals surface area contributed by atoms with Crippen LogP contribution in [0.25, 0.3) is 0 Å². The van der Waals surface area contributed by atoms with Gasteiger partial charge >= 0.3 is 0 Å². The van der Waals surface area contributed by atoms with E-state index in [0.717, 1.165) is 31.4 Å². The van der Waals surface area contributed by atoms with E-state index in [2.05, 4.69) is 13.0 Å². The number of piperidine rings is 1. The summed E-state index contributed by atoms with van der Waals surface area (Å²) in [5.41, 5.74) is 7.97. The molecule has 0 radical (unpaired) electrons. The van der Waals surface area contributed by atoms with Crippen molar-refractivity contribution in [1.82, 2.24) is 9.80 Å². The van der Waals surface area contributed by atoms with Crippen LogP contribution in [-0.4, -0.2) is 46.8 Å². The Kier molecular flexibility index (Phi) is 5.19. The van der Waals surface area contributed by atoms with Crippen molar-refractivity contribution in [3.05, 3.63) is 35.4 Å². The predicted molar refractivity (Wildman–Crippen MR) is 93.2 cm³/mol. The third-order valence-corrected chi connectivity index (χ3v) is 5.43. The summed E-state index contributed by atoms with van der Waals surface area (Å²) in [5.74, 6) is -0.213. The Hall–Kier alpha value is -1.88. The fraction of sp³-hybridized carbons (Fsp3) is 0.579. The number of hydrogen-bond acceptors (Lipinski definition) is 3. The highest BCUT2D eigenvalue weighted by Crippen LogP contribution is 2.25. The van der Waals surface area contributed by atoms with E-state index in [1.165, 1.54) is 12.0 Å². The Labute approximate surface area is 143 Å². The molecule has 1 saturated heterocycles. The van der Waals surface area contributed by atoms with Gasteiger partial charge < -0.3 is 10.6 Å². The molecule has 130 valence electrons. The SMILES string of the molecule is CC[C@@H]1CCCCN1C(=O)CN1Cc2ccccc2C[C@H]1C(N)=O. The minimum absolute atomic E-state index is 0.132. The van der Waals surface area contributed by atoms with Gasteiger partial charge in [0.1, 0.15) is 0 Å². The van der Waals surface area contributed by atoms with Crippen molar-refractivity contribution in [2.75, 3.05) is 13.1 Å². The molecule has 24 heavy (non-hydrogen) atoms. The maximum Gasteiger partial charge on any atom is 0.237 e. The van der Waals surface area contributed by atoms with Gasteiger partial charge in [0.15, 0.2) is 0 Å². The lowest BCUT2D eigenvalue weighted by molar-refractivity contribution is -0.138. The van der Waals surface area contributed by atoms with Crippen LogP contribution < -0.4 is 5.73 Å². The van der Waals surface area contributed by atoms with E-state index >= 15 is 0 Å². The van der Waals surface area contributed by atoms with Crippen LogP contribution in [-0.2, 0) is 22.6 Å². The molecule has 2 atom stereocenters. The number of carbonyl (C=O) groups is 2. The Bertz CT molecular complexity index is 616. The molecular formula is C19H27N3O2. The quantitative estimate of drug-likeness (QED) is 0.914. The van der Waals surface area contributed by atoms with Crippen molar-refractivity contribution in [3.63, 3.8) is 0 Å². The Morgan fingerprint density at radius 3 is 2.67 bits per heavy atom. The smallest absolute Gasteiger partial charge is 0.237 e. The molecule has 1 aromatic rings. The summed E-state index contributed by atoms with van der Waals surface area (Å²) in [7, 11) is 0. The first-order chi connectivity index (χ1) is 11.6. The molecule has 5 nitrogen and oxygen atoms in total. The molecule has 1 aromatic carbocycles. The molecule has 1 fully saturated rings. The van der Waals surface area contributed by atoms with Gasteiger partial charge in [-0.05, 0) is 43.2 Å². The number of nitrogens with zero attached hydrogens (tertiary/aromatic N) is 2. The molecule has 0 aromatic heterocycles. The number of benzene rings is 1. The highest BCUT2D eigenvalue weighted by molar-refractivity contribution is 5.83. The molecule has 0 bridgehead atoms. The first kappa shape index (κ1) is 17.0. The van der Waals surface area contributed by atoms with Crippen molar-refractivity contribution in [2.24, 2.45) is 5.73 Å². The summed E-state index contributed by atoms with van der Waals surface area (Å²) in [6.07, 6.45) is 4.95. The Balaban J connectivity index is 1.74. The van der Waals surface area contributed by atoms with Crippen molar-refractivity contribution >= 4 is 11.8 Å². The lowest BCUT2D eigenvalue weighted by atomic mass is 9.93. The number of nitrogens with two attached hydrogens (primary N) is 1. The monoisotopic (exact) mass is 329 g/mol. The lowest BCUT2D eigenvalue weighted by Crippen LogP contribution is -2.54. The van der Waals surface area contributed by atoms with E-state index in [9.17, 15) is 9.59 Å². The van der Waals surface area contributed by atoms with E-state index in [4.69, 9.17) is 5.73 Å². The molecule has 0 aliphatic carbocycles. The molecule has 2 amide bonds. The van der Waals surface area contributed by atoms with Crippen LogP contribution >= 0.6 is 0 Å². The summed E-state index contributed by atoms with van der Waals surface area (Å²) < 4.78 is 0. The third-order valence-electron chi connectivity index (χ3n) is 5.43. The summed E-state index contributed by atoms with van der Waals surface area (Å²) in [4.78, 5) is 28.7. The summed E-state index contributed by atoms with van der Waals surface area (Å²) in [6.45, 7) is 3.86. The van der Waals surface area contributed by atoms with E-state index in [1.807, 2.05) is 28.0 Å². The van der Waals surface area contributed by atoms with Gasteiger partial charge in [-0.25, -0.2) is 0 Å². The summed E-state index contributed by atoms with van der Waals surface area (Å²) >= 11 is 0. The van der Waals surface area contributed by atoms with Gasteiger partial charge in [-0.2, -0.15) is 0 Å². The zero-order valence-electron chi connectivity index (χ0n) is 14.4. The average Bonchev–Trinajstić information content (AvgIpc) is 2.60. The van der Waals surface area contributed by atoms with Crippen LogP contribution in [0, 0.1) is 0 Å². The van der Waals surface area contributed by atoms with Crippen LogP contribution in [0.15, 0.2) is 24.3 Å². The van der Waals surface area contributed by atoms with Crippen LogP contribution in [0.3, 0.4) is 0 Å². The molecule has 0 saturated carbocycles. The zero-order valence-corrected chi connectivity index (χ0v) is 14.4.